The van der Waals surface area contributed by atoms with Gasteiger partial charge in [-0.15, -0.1) is 24.0 Å². The van der Waals surface area contributed by atoms with E-state index >= 15 is 0 Å². The first-order chi connectivity index (χ1) is 12.6. The molecule has 1 saturated heterocycles. The second-order valence-electron chi connectivity index (χ2n) is 6.21. The molecule has 1 aromatic heterocycles. The molecule has 27 heavy (non-hydrogen) atoms. The lowest BCUT2D eigenvalue weighted by atomic mass is 10.2. The molecule has 0 bridgehead atoms. The van der Waals surface area contributed by atoms with Gasteiger partial charge in [-0.3, -0.25) is 9.79 Å². The van der Waals surface area contributed by atoms with Crippen LogP contribution >= 0.6 is 24.0 Å². The maximum atomic E-state index is 12.2. The zero-order valence-electron chi connectivity index (χ0n) is 15.5. The number of benzene rings is 1. The lowest BCUT2D eigenvalue weighted by Gasteiger charge is -2.36. The number of hydrogen-bond acceptors (Lipinski definition) is 5. The van der Waals surface area contributed by atoms with Gasteiger partial charge in [-0.05, 0) is 17.7 Å². The van der Waals surface area contributed by atoms with E-state index < -0.39 is 0 Å². The Labute approximate surface area is 175 Å². The van der Waals surface area contributed by atoms with Crippen molar-refractivity contribution >= 4 is 35.8 Å². The number of guanidine groups is 1. The SMILES string of the molecule is CN=C(NCc1ccc(O)cc1)N1CCN(c2nccn(C)c2=O)CC1.I. The molecule has 0 amide bonds. The summed E-state index contributed by atoms with van der Waals surface area (Å²) in [4.78, 5) is 25.0. The van der Waals surface area contributed by atoms with Crippen molar-refractivity contribution in [3.63, 3.8) is 0 Å². The minimum absolute atomic E-state index is 0. The highest BCUT2D eigenvalue weighted by Gasteiger charge is 2.22. The summed E-state index contributed by atoms with van der Waals surface area (Å²) in [5, 5.41) is 12.7. The number of aliphatic imine (C=N–C) groups is 1. The number of rotatable bonds is 3. The van der Waals surface area contributed by atoms with Crippen LogP contribution in [0.4, 0.5) is 5.82 Å². The van der Waals surface area contributed by atoms with Gasteiger partial charge >= 0.3 is 0 Å². The van der Waals surface area contributed by atoms with Gasteiger partial charge in [-0.2, -0.15) is 0 Å². The first-order valence-electron chi connectivity index (χ1n) is 8.58. The van der Waals surface area contributed by atoms with Crippen LogP contribution < -0.4 is 15.8 Å². The molecule has 0 radical (unpaired) electrons. The number of aromatic nitrogens is 2. The molecule has 2 N–H and O–H groups in total. The molecule has 0 spiro atoms. The van der Waals surface area contributed by atoms with Gasteiger partial charge in [0, 0.05) is 59.2 Å². The normalized spacial score (nSPS) is 14.7. The molecular formula is C18H25IN6O2. The standard InChI is InChI=1S/C18H24N6O2.HI/c1-19-18(21-13-14-3-5-15(25)6-4-14)24-11-9-23(10-12-24)16-17(26)22(2)8-7-20-16;/h3-8,25H,9-13H2,1-2H3,(H,19,21);1H. The molecule has 9 heteroatoms. The summed E-state index contributed by atoms with van der Waals surface area (Å²) >= 11 is 0. The summed E-state index contributed by atoms with van der Waals surface area (Å²) < 4.78 is 1.55. The van der Waals surface area contributed by atoms with Crippen LogP contribution in [0.1, 0.15) is 5.56 Å². The number of nitrogens with zero attached hydrogens (tertiary/aromatic N) is 5. The Morgan fingerprint density at radius 3 is 2.52 bits per heavy atom. The summed E-state index contributed by atoms with van der Waals surface area (Å²) in [5.74, 6) is 1.59. The largest absolute Gasteiger partial charge is 0.508 e. The smallest absolute Gasteiger partial charge is 0.293 e. The number of phenolic OH excluding ortho intramolecular Hbond substituents is 1. The van der Waals surface area contributed by atoms with E-state index in [2.05, 4.69) is 20.2 Å². The first kappa shape index (κ1) is 21.0. The second-order valence-corrected chi connectivity index (χ2v) is 6.21. The van der Waals surface area contributed by atoms with E-state index in [0.717, 1.165) is 24.6 Å². The Hall–Kier alpha value is -2.30. The fraction of sp³-hybridized carbons (Fsp3) is 0.389. The topological polar surface area (TPSA) is 86.0 Å². The number of anilines is 1. The third kappa shape index (κ3) is 5.12. The summed E-state index contributed by atoms with van der Waals surface area (Å²) in [6.45, 7) is 3.58. The van der Waals surface area contributed by atoms with Gasteiger partial charge in [0.1, 0.15) is 5.75 Å². The van der Waals surface area contributed by atoms with Crippen molar-refractivity contribution in [3.8, 4) is 5.75 Å². The molecule has 0 saturated carbocycles. The predicted octanol–water partition coefficient (Wildman–Crippen LogP) is 1.00. The van der Waals surface area contributed by atoms with E-state index in [1.165, 1.54) is 0 Å². The van der Waals surface area contributed by atoms with E-state index in [1.807, 2.05) is 17.0 Å². The van der Waals surface area contributed by atoms with Crippen LogP contribution in [0.2, 0.25) is 0 Å². The summed E-state index contributed by atoms with van der Waals surface area (Å²) in [5.41, 5.74) is 0.996. The minimum atomic E-state index is -0.0733. The minimum Gasteiger partial charge on any atom is -0.508 e. The number of halogens is 1. The van der Waals surface area contributed by atoms with Crippen molar-refractivity contribution in [1.29, 1.82) is 0 Å². The van der Waals surface area contributed by atoms with Crippen LogP contribution in [0.15, 0.2) is 46.4 Å². The molecule has 0 atom stereocenters. The maximum Gasteiger partial charge on any atom is 0.293 e. The van der Waals surface area contributed by atoms with E-state index in [0.29, 0.717) is 25.5 Å². The molecule has 1 aliphatic heterocycles. The molecule has 0 aliphatic carbocycles. The average Bonchev–Trinajstić information content (AvgIpc) is 2.66. The third-order valence-electron chi connectivity index (χ3n) is 4.48. The van der Waals surface area contributed by atoms with E-state index in [1.54, 1.807) is 43.2 Å². The van der Waals surface area contributed by atoms with Gasteiger partial charge in [0.15, 0.2) is 11.8 Å². The van der Waals surface area contributed by atoms with Crippen molar-refractivity contribution in [1.82, 2.24) is 19.8 Å². The maximum absolute atomic E-state index is 12.2. The molecule has 2 aromatic rings. The third-order valence-corrected chi connectivity index (χ3v) is 4.48. The predicted molar refractivity (Wildman–Crippen MR) is 117 cm³/mol. The summed E-state index contributed by atoms with van der Waals surface area (Å²) in [7, 11) is 3.50. The van der Waals surface area contributed by atoms with Gasteiger partial charge in [0.25, 0.3) is 5.56 Å². The van der Waals surface area contributed by atoms with Crippen LogP contribution in [-0.4, -0.2) is 58.7 Å². The Kier molecular flexibility index (Phi) is 7.45. The Balaban J connectivity index is 0.00000261. The number of nitrogens with one attached hydrogen (secondary N) is 1. The molecule has 2 heterocycles. The molecular weight excluding hydrogens is 459 g/mol. The molecule has 8 nitrogen and oxygen atoms in total. The fourth-order valence-electron chi connectivity index (χ4n) is 2.96. The van der Waals surface area contributed by atoms with Crippen LogP contribution in [0.3, 0.4) is 0 Å². The van der Waals surface area contributed by atoms with Crippen molar-refractivity contribution in [3.05, 3.63) is 52.6 Å². The van der Waals surface area contributed by atoms with Gasteiger partial charge in [0.2, 0.25) is 0 Å². The second kappa shape index (κ2) is 9.58. The fourth-order valence-corrected chi connectivity index (χ4v) is 2.96. The Morgan fingerprint density at radius 1 is 1.22 bits per heavy atom. The Bertz CT molecular complexity index is 828. The van der Waals surface area contributed by atoms with Crippen LogP contribution in [0.5, 0.6) is 5.75 Å². The lowest BCUT2D eigenvalue weighted by molar-refractivity contribution is 0.370. The molecule has 1 aliphatic rings. The van der Waals surface area contributed by atoms with Crippen molar-refractivity contribution < 1.29 is 5.11 Å². The number of phenols is 1. The zero-order valence-corrected chi connectivity index (χ0v) is 17.8. The van der Waals surface area contributed by atoms with Crippen LogP contribution in [-0.2, 0) is 13.6 Å². The number of aryl methyl sites for hydroxylation is 1. The van der Waals surface area contributed by atoms with Gasteiger partial charge in [-0.1, -0.05) is 12.1 Å². The van der Waals surface area contributed by atoms with Gasteiger partial charge in [-0.25, -0.2) is 4.98 Å². The van der Waals surface area contributed by atoms with Crippen molar-refractivity contribution in [2.24, 2.45) is 12.0 Å². The molecule has 3 rings (SSSR count). The first-order valence-corrected chi connectivity index (χ1v) is 8.58. The highest BCUT2D eigenvalue weighted by molar-refractivity contribution is 14.0. The number of piperazine rings is 1. The van der Waals surface area contributed by atoms with Crippen molar-refractivity contribution in [2.75, 3.05) is 38.1 Å². The highest BCUT2D eigenvalue weighted by Crippen LogP contribution is 2.11. The summed E-state index contributed by atoms with van der Waals surface area (Å²) in [6.07, 6.45) is 3.32. The molecule has 0 unspecified atom stereocenters. The number of hydrogen-bond donors (Lipinski definition) is 2. The van der Waals surface area contributed by atoms with E-state index in [-0.39, 0.29) is 35.3 Å². The molecule has 146 valence electrons. The quantitative estimate of drug-likeness (QED) is 0.384. The molecule has 1 aromatic carbocycles. The summed E-state index contributed by atoms with van der Waals surface area (Å²) in [6, 6.07) is 7.10. The van der Waals surface area contributed by atoms with Gasteiger partial charge < -0.3 is 24.8 Å². The monoisotopic (exact) mass is 484 g/mol. The van der Waals surface area contributed by atoms with Gasteiger partial charge in [0.05, 0.1) is 0 Å². The lowest BCUT2D eigenvalue weighted by Crippen LogP contribution is -2.53. The van der Waals surface area contributed by atoms with Crippen LogP contribution in [0.25, 0.3) is 0 Å². The number of aromatic hydroxyl groups is 1. The molecule has 1 fully saturated rings. The van der Waals surface area contributed by atoms with E-state index in [9.17, 15) is 9.90 Å². The van der Waals surface area contributed by atoms with E-state index in [4.69, 9.17) is 0 Å². The average molecular weight is 484 g/mol. The van der Waals surface area contributed by atoms with Crippen LogP contribution in [0, 0.1) is 0 Å². The highest BCUT2D eigenvalue weighted by atomic mass is 127. The van der Waals surface area contributed by atoms with Crippen molar-refractivity contribution in [2.45, 2.75) is 6.54 Å². The Morgan fingerprint density at radius 2 is 1.89 bits per heavy atom. The zero-order chi connectivity index (χ0) is 18.5.